The molecule has 5 heterocycles. The van der Waals surface area contributed by atoms with Crippen molar-refractivity contribution in [1.82, 2.24) is 34.1 Å². The molecule has 5 aromatic rings. The molecule has 266 valence electrons. The zero-order valence-electron chi connectivity index (χ0n) is 28.1. The molecule has 0 radical (unpaired) electrons. The number of alkyl halides is 3. The summed E-state index contributed by atoms with van der Waals surface area (Å²) in [4.78, 5) is 43.8. The Morgan fingerprint density at radius 1 is 1.08 bits per heavy atom. The number of halogens is 3. The molecule has 3 aliphatic rings. The molecule has 51 heavy (non-hydrogen) atoms. The number of methoxy groups -OCH3 is 1. The van der Waals surface area contributed by atoms with Crippen LogP contribution in [0.15, 0.2) is 59.5 Å². The van der Waals surface area contributed by atoms with Crippen molar-refractivity contribution in [3.8, 4) is 5.75 Å². The van der Waals surface area contributed by atoms with E-state index in [0.717, 1.165) is 61.0 Å². The van der Waals surface area contributed by atoms with Gasteiger partial charge in [0.05, 0.1) is 41.4 Å². The number of carbonyl (C=O) groups is 2. The lowest BCUT2D eigenvalue weighted by Crippen LogP contribution is -2.49. The molecule has 2 aromatic carbocycles. The van der Waals surface area contributed by atoms with E-state index in [2.05, 4.69) is 26.6 Å². The number of amides is 2. The summed E-state index contributed by atoms with van der Waals surface area (Å²) < 4.78 is 50.4. The van der Waals surface area contributed by atoms with Crippen LogP contribution in [0.3, 0.4) is 0 Å². The van der Waals surface area contributed by atoms with E-state index in [1.165, 1.54) is 18.7 Å². The number of ether oxygens (including phenoxy) is 1. The van der Waals surface area contributed by atoms with Gasteiger partial charge in [-0.25, -0.2) is 9.78 Å². The van der Waals surface area contributed by atoms with E-state index < -0.39 is 17.8 Å². The number of imidazole rings is 1. The molecule has 15 heteroatoms. The highest BCUT2D eigenvalue weighted by atomic mass is 19.4. The van der Waals surface area contributed by atoms with Gasteiger partial charge in [-0.1, -0.05) is 18.2 Å². The van der Waals surface area contributed by atoms with Gasteiger partial charge in [-0.3, -0.25) is 23.4 Å². The highest BCUT2D eigenvalue weighted by molar-refractivity contribution is 6.05. The Balaban J connectivity index is 0.894. The summed E-state index contributed by atoms with van der Waals surface area (Å²) in [5.41, 5.74) is 2.53. The van der Waals surface area contributed by atoms with Crippen LogP contribution in [0.5, 0.6) is 5.75 Å². The number of nitrogens with one attached hydrogen (secondary N) is 2. The molecule has 2 aliphatic heterocycles. The predicted octanol–water partition coefficient (Wildman–Crippen LogP) is 4.87. The van der Waals surface area contributed by atoms with Crippen molar-refractivity contribution in [3.05, 3.63) is 82.2 Å². The number of para-hydroxylation sites is 1. The number of aromatic nitrogens is 5. The summed E-state index contributed by atoms with van der Waals surface area (Å²) in [6, 6.07) is 12.9. The number of carbonyl (C=O) groups excluding carboxylic acids is 2. The van der Waals surface area contributed by atoms with E-state index in [1.54, 1.807) is 16.7 Å². The normalized spacial score (nSPS) is 21.4. The Morgan fingerprint density at radius 2 is 1.86 bits per heavy atom. The van der Waals surface area contributed by atoms with Crippen molar-refractivity contribution >= 4 is 39.4 Å². The zero-order chi connectivity index (χ0) is 35.6. The summed E-state index contributed by atoms with van der Waals surface area (Å²) in [6.45, 7) is 3.30. The number of anilines is 1. The van der Waals surface area contributed by atoms with Crippen LogP contribution >= 0.6 is 0 Å². The third-order valence-corrected chi connectivity index (χ3v) is 10.6. The number of benzene rings is 2. The van der Waals surface area contributed by atoms with E-state index in [4.69, 9.17) is 9.84 Å². The third kappa shape index (κ3) is 6.02. The van der Waals surface area contributed by atoms with E-state index in [9.17, 15) is 27.6 Å². The van der Waals surface area contributed by atoms with Crippen LogP contribution in [0.4, 0.5) is 18.9 Å². The first kappa shape index (κ1) is 33.0. The van der Waals surface area contributed by atoms with Crippen molar-refractivity contribution in [2.24, 2.45) is 13.0 Å². The van der Waals surface area contributed by atoms with E-state index in [0.29, 0.717) is 48.2 Å². The van der Waals surface area contributed by atoms with E-state index in [-0.39, 0.29) is 29.4 Å². The minimum Gasteiger partial charge on any atom is -0.494 e. The van der Waals surface area contributed by atoms with Gasteiger partial charge in [-0.2, -0.15) is 18.3 Å². The maximum atomic E-state index is 13.3. The maximum Gasteiger partial charge on any atom is 0.433 e. The fourth-order valence-electron chi connectivity index (χ4n) is 7.87. The molecule has 2 amide bonds. The molecule has 3 aromatic heterocycles. The summed E-state index contributed by atoms with van der Waals surface area (Å²) in [5, 5.41) is 11.1. The fourth-order valence-corrected chi connectivity index (χ4v) is 7.87. The van der Waals surface area contributed by atoms with Crippen molar-refractivity contribution in [2.75, 3.05) is 38.6 Å². The first-order valence-electron chi connectivity index (χ1n) is 17.1. The molecule has 12 nitrogen and oxygen atoms in total. The Bertz CT molecular complexity index is 2220. The molecule has 3 fully saturated rings. The molecule has 1 atom stereocenters. The van der Waals surface area contributed by atoms with E-state index >= 15 is 0 Å². The molecule has 2 N–H and O–H groups in total. The molecule has 1 unspecified atom stereocenters. The zero-order valence-corrected chi connectivity index (χ0v) is 28.1. The SMILES string of the molecule is COc1cc2nn(C3CC(CN4CC(c5cccc6c5n(C)c(=O)n6C5CCC(=O)NC5)C4)C3)cc2cc1NC(=O)c1cccc(C(F)(F)F)n1. The lowest BCUT2D eigenvalue weighted by Gasteiger charge is -2.45. The van der Waals surface area contributed by atoms with Gasteiger partial charge in [0, 0.05) is 63.2 Å². The van der Waals surface area contributed by atoms with Crippen LogP contribution in [0.2, 0.25) is 0 Å². The predicted molar refractivity (Wildman–Crippen MR) is 183 cm³/mol. The lowest BCUT2D eigenvalue weighted by molar-refractivity contribution is -0.141. The number of nitrogens with zero attached hydrogens (tertiary/aromatic N) is 6. The summed E-state index contributed by atoms with van der Waals surface area (Å²) in [7, 11) is 3.28. The van der Waals surface area contributed by atoms with Crippen LogP contribution in [-0.4, -0.2) is 73.9 Å². The average molecular weight is 703 g/mol. The second-order valence-corrected chi connectivity index (χ2v) is 13.9. The number of piperidine rings is 1. The Hall–Kier alpha value is -5.18. The van der Waals surface area contributed by atoms with Gasteiger partial charge in [-0.05, 0) is 55.0 Å². The highest BCUT2D eigenvalue weighted by Crippen LogP contribution is 2.42. The molecule has 8 rings (SSSR count). The van der Waals surface area contributed by atoms with Crippen LogP contribution < -0.4 is 21.1 Å². The standard InChI is InChI=1S/C36H37F3N8O4/c1-44-33-25(5-3-7-29(33)47(35(44)50)23-9-10-32(48)40-15-23)22-17-45(18-22)16-20-11-24(12-20)46-19-21-13-28(30(51-2)14-27(21)43-46)42-34(49)26-6-4-8-31(41-26)36(37,38)39/h3-8,13-14,19-20,22-24H,9-12,15-18H2,1-2H3,(H,40,48)(H,42,49). The molecule has 1 saturated carbocycles. The van der Waals surface area contributed by atoms with Crippen molar-refractivity contribution in [3.63, 3.8) is 0 Å². The minimum absolute atomic E-state index is 0.0301. The lowest BCUT2D eigenvalue weighted by atomic mass is 9.78. The van der Waals surface area contributed by atoms with Gasteiger partial charge >= 0.3 is 11.9 Å². The number of likely N-dealkylation sites (tertiary alicyclic amines) is 1. The molecule has 0 spiro atoms. The second-order valence-electron chi connectivity index (χ2n) is 13.9. The van der Waals surface area contributed by atoms with Crippen molar-refractivity contribution in [1.29, 1.82) is 0 Å². The van der Waals surface area contributed by atoms with E-state index in [1.807, 2.05) is 34.6 Å². The van der Waals surface area contributed by atoms with Crippen LogP contribution in [0.25, 0.3) is 21.9 Å². The van der Waals surface area contributed by atoms with Gasteiger partial charge in [0.1, 0.15) is 17.1 Å². The fraction of sp³-hybridized carbons (Fsp3) is 0.417. The van der Waals surface area contributed by atoms with Gasteiger partial charge in [-0.15, -0.1) is 0 Å². The summed E-state index contributed by atoms with van der Waals surface area (Å²) >= 11 is 0. The van der Waals surface area contributed by atoms with Crippen molar-refractivity contribution < 1.29 is 27.5 Å². The number of rotatable bonds is 8. The Morgan fingerprint density at radius 3 is 2.59 bits per heavy atom. The molecule has 0 bridgehead atoms. The van der Waals surface area contributed by atoms with Crippen LogP contribution in [0, 0.1) is 5.92 Å². The molecular formula is C36H37F3N8O4. The maximum absolute atomic E-state index is 13.3. The van der Waals surface area contributed by atoms with Crippen LogP contribution in [0.1, 0.15) is 65.4 Å². The highest BCUT2D eigenvalue weighted by Gasteiger charge is 2.38. The largest absolute Gasteiger partial charge is 0.494 e. The topological polar surface area (TPSA) is 128 Å². The monoisotopic (exact) mass is 702 g/mol. The number of hydrogen-bond acceptors (Lipinski definition) is 7. The van der Waals surface area contributed by atoms with Crippen LogP contribution in [-0.2, 0) is 18.0 Å². The summed E-state index contributed by atoms with van der Waals surface area (Å²) in [6.07, 6.45) is 0.283. The van der Waals surface area contributed by atoms with Gasteiger partial charge < -0.3 is 20.3 Å². The van der Waals surface area contributed by atoms with Crippen molar-refractivity contribution in [2.45, 2.75) is 49.9 Å². The minimum atomic E-state index is -4.66. The Kier molecular flexibility index (Phi) is 8.12. The number of fused-ring (bicyclic) bond motifs is 2. The second kappa shape index (κ2) is 12.5. The molecular weight excluding hydrogens is 665 g/mol. The number of aryl methyl sites for hydroxylation is 1. The quantitative estimate of drug-likeness (QED) is 0.236. The van der Waals surface area contributed by atoms with Gasteiger partial charge in [0.25, 0.3) is 5.91 Å². The third-order valence-electron chi connectivity index (χ3n) is 10.6. The first-order chi connectivity index (χ1) is 24.5. The smallest absolute Gasteiger partial charge is 0.433 e. The molecule has 2 saturated heterocycles. The van der Waals surface area contributed by atoms with Gasteiger partial charge in [0.2, 0.25) is 5.91 Å². The summed E-state index contributed by atoms with van der Waals surface area (Å²) in [5.74, 6) is 0.443. The molecule has 1 aliphatic carbocycles. The number of pyridine rings is 1. The Labute approximate surface area is 290 Å². The number of hydrogen-bond donors (Lipinski definition) is 2. The average Bonchev–Trinajstić information content (AvgIpc) is 3.59. The van der Waals surface area contributed by atoms with Gasteiger partial charge in [0.15, 0.2) is 0 Å². The first-order valence-corrected chi connectivity index (χ1v) is 17.1.